The van der Waals surface area contributed by atoms with E-state index in [0.717, 1.165) is 6.54 Å². The van der Waals surface area contributed by atoms with Crippen LogP contribution >= 0.6 is 0 Å². The Labute approximate surface area is 124 Å². The molecular weight excluding hydrogens is 295 g/mol. The Bertz CT molecular complexity index is 632. The Hall–Kier alpha value is -1.02. The number of nitrogens with zero attached hydrogens (tertiary/aromatic N) is 1. The number of hydrogen-bond donors (Lipinski definition) is 1. The zero-order chi connectivity index (χ0) is 15.1. The second kappa shape index (κ2) is 5.31. The van der Waals surface area contributed by atoms with Gasteiger partial charge in [0.25, 0.3) is 0 Å². The maximum atomic E-state index is 14.0. The van der Waals surface area contributed by atoms with Gasteiger partial charge in [0.15, 0.2) is 0 Å². The fourth-order valence-electron chi connectivity index (χ4n) is 2.94. The first-order valence-corrected chi connectivity index (χ1v) is 8.52. The summed E-state index contributed by atoms with van der Waals surface area (Å²) in [6.45, 7) is 3.84. The molecule has 116 valence electrons. The highest BCUT2D eigenvalue weighted by molar-refractivity contribution is 7.89. The summed E-state index contributed by atoms with van der Waals surface area (Å²) in [7, 11) is -3.78. The molecule has 1 aromatic carbocycles. The van der Waals surface area contributed by atoms with Crippen LogP contribution in [0.1, 0.15) is 18.4 Å². The van der Waals surface area contributed by atoms with Crippen LogP contribution in [-0.2, 0) is 14.8 Å². The molecule has 0 aliphatic carbocycles. The van der Waals surface area contributed by atoms with Crippen molar-refractivity contribution in [1.29, 1.82) is 0 Å². The van der Waals surface area contributed by atoms with Crippen molar-refractivity contribution in [2.75, 3.05) is 26.2 Å². The third-order valence-electron chi connectivity index (χ3n) is 4.16. The van der Waals surface area contributed by atoms with Crippen LogP contribution in [0.3, 0.4) is 0 Å². The van der Waals surface area contributed by atoms with Crippen LogP contribution in [0.5, 0.6) is 0 Å². The molecule has 2 fully saturated rings. The number of ether oxygens (including phenoxy) is 1. The summed E-state index contributed by atoms with van der Waals surface area (Å²) in [5.74, 6) is -0.689. The van der Waals surface area contributed by atoms with Gasteiger partial charge in [0.05, 0.1) is 6.61 Å². The molecule has 0 aromatic heterocycles. The summed E-state index contributed by atoms with van der Waals surface area (Å²) in [5, 5.41) is 3.28. The molecule has 7 heteroatoms. The number of piperidine rings is 1. The van der Waals surface area contributed by atoms with Crippen molar-refractivity contribution in [1.82, 2.24) is 9.62 Å². The van der Waals surface area contributed by atoms with Crippen LogP contribution in [-0.4, -0.2) is 44.7 Å². The normalized spacial score (nSPS) is 22.8. The molecular formula is C14H19FN2O3S. The lowest BCUT2D eigenvalue weighted by Gasteiger charge is -2.37. The Morgan fingerprint density at radius 1 is 1.33 bits per heavy atom. The van der Waals surface area contributed by atoms with Gasteiger partial charge in [0, 0.05) is 32.5 Å². The fraction of sp³-hybridized carbons (Fsp3) is 0.571. The molecule has 2 aliphatic rings. The first-order valence-electron chi connectivity index (χ1n) is 7.08. The molecule has 0 saturated carbocycles. The zero-order valence-electron chi connectivity index (χ0n) is 11.9. The van der Waals surface area contributed by atoms with Crippen LogP contribution in [0, 0.1) is 12.7 Å². The van der Waals surface area contributed by atoms with Crippen molar-refractivity contribution in [3.05, 3.63) is 29.6 Å². The largest absolute Gasteiger partial charge is 0.359 e. The maximum Gasteiger partial charge on any atom is 0.245 e. The van der Waals surface area contributed by atoms with Gasteiger partial charge in [-0.1, -0.05) is 6.07 Å². The van der Waals surface area contributed by atoms with Crippen LogP contribution in [0.2, 0.25) is 0 Å². The molecule has 1 spiro atoms. The van der Waals surface area contributed by atoms with Crippen molar-refractivity contribution >= 4 is 10.0 Å². The summed E-state index contributed by atoms with van der Waals surface area (Å²) in [4.78, 5) is -0.246. The Kier molecular flexibility index (Phi) is 3.77. The standard InChI is InChI=1S/C14H19FN2O3S/c1-11-2-3-13(12(15)10-11)21(18,19)17-7-4-14(5-8-17)16-6-9-20-14/h2-3,10,16H,4-9H2,1H3. The summed E-state index contributed by atoms with van der Waals surface area (Å²) in [5.41, 5.74) is 0.310. The molecule has 2 aliphatic heterocycles. The second-order valence-electron chi connectivity index (χ2n) is 5.61. The van der Waals surface area contributed by atoms with Gasteiger partial charge in [-0.05, 0) is 24.6 Å². The number of halogens is 1. The highest BCUT2D eigenvalue weighted by atomic mass is 32.2. The quantitative estimate of drug-likeness (QED) is 0.892. The summed E-state index contributed by atoms with van der Waals surface area (Å²) < 4.78 is 46.1. The Morgan fingerprint density at radius 3 is 2.62 bits per heavy atom. The number of aryl methyl sites for hydroxylation is 1. The van der Waals surface area contributed by atoms with Crippen molar-refractivity contribution in [2.45, 2.75) is 30.4 Å². The monoisotopic (exact) mass is 314 g/mol. The summed E-state index contributed by atoms with van der Waals surface area (Å²) in [6, 6.07) is 4.21. The Balaban J connectivity index is 1.80. The molecule has 2 heterocycles. The minimum Gasteiger partial charge on any atom is -0.359 e. The third kappa shape index (κ3) is 2.70. The topological polar surface area (TPSA) is 58.6 Å². The minimum absolute atomic E-state index is 0.246. The molecule has 0 unspecified atom stereocenters. The van der Waals surface area contributed by atoms with Gasteiger partial charge in [-0.3, -0.25) is 5.32 Å². The van der Waals surface area contributed by atoms with Crippen LogP contribution < -0.4 is 5.32 Å². The maximum absolute atomic E-state index is 14.0. The van der Waals surface area contributed by atoms with Crippen LogP contribution in [0.4, 0.5) is 4.39 Å². The molecule has 3 rings (SSSR count). The lowest BCUT2D eigenvalue weighted by molar-refractivity contribution is -0.0446. The van der Waals surface area contributed by atoms with E-state index < -0.39 is 21.6 Å². The van der Waals surface area contributed by atoms with Crippen LogP contribution in [0.15, 0.2) is 23.1 Å². The van der Waals surface area contributed by atoms with E-state index in [2.05, 4.69) is 5.32 Å². The van der Waals surface area contributed by atoms with Gasteiger partial charge in [-0.2, -0.15) is 4.31 Å². The number of nitrogens with one attached hydrogen (secondary N) is 1. The van der Waals surface area contributed by atoms with E-state index in [4.69, 9.17) is 4.74 Å². The van der Waals surface area contributed by atoms with Gasteiger partial charge < -0.3 is 4.74 Å². The predicted octanol–water partition coefficient (Wildman–Crippen LogP) is 1.23. The SMILES string of the molecule is Cc1ccc(S(=O)(=O)N2CCC3(CC2)NCCO3)c(F)c1. The van der Waals surface area contributed by atoms with E-state index >= 15 is 0 Å². The van der Waals surface area contributed by atoms with Gasteiger partial charge in [-0.25, -0.2) is 12.8 Å². The average Bonchev–Trinajstić information content (AvgIpc) is 2.87. The first kappa shape index (κ1) is 14.9. The number of benzene rings is 1. The van der Waals surface area contributed by atoms with Crippen molar-refractivity contribution in [2.24, 2.45) is 0 Å². The van der Waals surface area contributed by atoms with Crippen LogP contribution in [0.25, 0.3) is 0 Å². The van der Waals surface area contributed by atoms with Gasteiger partial charge in [0.1, 0.15) is 16.4 Å². The number of rotatable bonds is 2. The van der Waals surface area contributed by atoms with E-state index in [1.54, 1.807) is 13.0 Å². The number of sulfonamides is 1. The van der Waals surface area contributed by atoms with Crippen molar-refractivity contribution < 1.29 is 17.5 Å². The zero-order valence-corrected chi connectivity index (χ0v) is 12.7. The van der Waals surface area contributed by atoms with E-state index in [1.165, 1.54) is 16.4 Å². The summed E-state index contributed by atoms with van der Waals surface area (Å²) >= 11 is 0. The molecule has 2 saturated heterocycles. The fourth-order valence-corrected chi connectivity index (χ4v) is 4.43. The van der Waals surface area contributed by atoms with Gasteiger partial charge in [-0.15, -0.1) is 0 Å². The van der Waals surface area contributed by atoms with Crippen molar-refractivity contribution in [3.63, 3.8) is 0 Å². The molecule has 0 radical (unpaired) electrons. The molecule has 0 bridgehead atoms. The van der Waals surface area contributed by atoms with Crippen molar-refractivity contribution in [3.8, 4) is 0 Å². The minimum atomic E-state index is -3.78. The van der Waals surface area contributed by atoms with E-state index in [-0.39, 0.29) is 4.90 Å². The lowest BCUT2D eigenvalue weighted by atomic mass is 10.0. The van der Waals surface area contributed by atoms with E-state index in [9.17, 15) is 12.8 Å². The third-order valence-corrected chi connectivity index (χ3v) is 6.09. The van der Waals surface area contributed by atoms with E-state index in [1.807, 2.05) is 0 Å². The Morgan fingerprint density at radius 2 is 2.05 bits per heavy atom. The predicted molar refractivity (Wildman–Crippen MR) is 75.8 cm³/mol. The van der Waals surface area contributed by atoms with Gasteiger partial charge >= 0.3 is 0 Å². The molecule has 5 nitrogen and oxygen atoms in total. The second-order valence-corrected chi connectivity index (χ2v) is 7.51. The molecule has 1 N–H and O–H groups in total. The molecule has 0 amide bonds. The number of hydrogen-bond acceptors (Lipinski definition) is 4. The smallest absolute Gasteiger partial charge is 0.245 e. The lowest BCUT2D eigenvalue weighted by Crippen LogP contribution is -2.52. The molecule has 0 atom stereocenters. The first-order chi connectivity index (χ1) is 9.93. The highest BCUT2D eigenvalue weighted by Crippen LogP contribution is 2.30. The van der Waals surface area contributed by atoms with E-state index in [0.29, 0.717) is 38.1 Å². The van der Waals surface area contributed by atoms with Gasteiger partial charge in [0.2, 0.25) is 10.0 Å². The average molecular weight is 314 g/mol. The molecule has 21 heavy (non-hydrogen) atoms. The molecule has 1 aromatic rings. The summed E-state index contributed by atoms with van der Waals surface area (Å²) in [6.07, 6.45) is 1.17. The highest BCUT2D eigenvalue weighted by Gasteiger charge is 2.41.